The molecular weight excluding hydrogens is 104 g/mol. The summed E-state index contributed by atoms with van der Waals surface area (Å²) >= 11 is 0. The van der Waals surface area contributed by atoms with E-state index in [-0.39, 0.29) is 5.92 Å². The summed E-state index contributed by atoms with van der Waals surface area (Å²) in [5, 5.41) is 8.31. The average molecular weight is 112 g/mol. The SMILES string of the molecule is C/C=C1\CC1C(=O)O. The molecular formula is C6H8O2. The van der Waals surface area contributed by atoms with E-state index < -0.39 is 5.97 Å². The molecule has 0 aromatic carbocycles. The predicted molar refractivity (Wildman–Crippen MR) is 29.5 cm³/mol. The van der Waals surface area contributed by atoms with Crippen molar-refractivity contribution in [3.05, 3.63) is 11.6 Å². The highest BCUT2D eigenvalue weighted by atomic mass is 16.4. The van der Waals surface area contributed by atoms with Crippen molar-refractivity contribution in [2.24, 2.45) is 5.92 Å². The van der Waals surface area contributed by atoms with Gasteiger partial charge in [0.1, 0.15) is 0 Å². The molecule has 0 heterocycles. The van der Waals surface area contributed by atoms with Gasteiger partial charge in [-0.25, -0.2) is 0 Å². The second kappa shape index (κ2) is 1.62. The van der Waals surface area contributed by atoms with Crippen molar-refractivity contribution in [2.45, 2.75) is 13.3 Å². The summed E-state index contributed by atoms with van der Waals surface area (Å²) in [6.07, 6.45) is 2.64. The molecule has 2 heteroatoms. The summed E-state index contributed by atoms with van der Waals surface area (Å²) in [5.74, 6) is -0.821. The summed E-state index contributed by atoms with van der Waals surface area (Å²) in [4.78, 5) is 10.1. The number of aliphatic carboxylic acids is 1. The van der Waals surface area contributed by atoms with Crippen molar-refractivity contribution >= 4 is 5.97 Å². The maximum atomic E-state index is 10.1. The average Bonchev–Trinajstić information content (AvgIpc) is 2.42. The molecule has 2 nitrogen and oxygen atoms in total. The first kappa shape index (κ1) is 5.35. The second-order valence-electron chi connectivity index (χ2n) is 1.96. The lowest BCUT2D eigenvalue weighted by atomic mass is 10.4. The van der Waals surface area contributed by atoms with Gasteiger partial charge >= 0.3 is 5.97 Å². The Balaban J connectivity index is 2.49. The molecule has 0 saturated heterocycles. The van der Waals surface area contributed by atoms with E-state index in [4.69, 9.17) is 5.11 Å². The molecule has 1 atom stereocenters. The van der Waals surface area contributed by atoms with E-state index in [0.29, 0.717) is 0 Å². The van der Waals surface area contributed by atoms with Crippen molar-refractivity contribution in [1.29, 1.82) is 0 Å². The van der Waals surface area contributed by atoms with E-state index in [1.54, 1.807) is 0 Å². The van der Waals surface area contributed by atoms with Crippen molar-refractivity contribution in [3.63, 3.8) is 0 Å². The molecule has 0 bridgehead atoms. The van der Waals surface area contributed by atoms with Gasteiger partial charge in [-0.15, -0.1) is 0 Å². The summed E-state index contributed by atoms with van der Waals surface area (Å²) < 4.78 is 0. The minimum Gasteiger partial charge on any atom is -0.481 e. The smallest absolute Gasteiger partial charge is 0.310 e. The lowest BCUT2D eigenvalue weighted by Crippen LogP contribution is -1.95. The molecule has 0 radical (unpaired) electrons. The van der Waals surface area contributed by atoms with Crippen LogP contribution in [0.2, 0.25) is 0 Å². The predicted octanol–water partition coefficient (Wildman–Crippen LogP) is 1.04. The van der Waals surface area contributed by atoms with Gasteiger partial charge in [-0.2, -0.15) is 0 Å². The van der Waals surface area contributed by atoms with E-state index in [1.165, 1.54) is 0 Å². The summed E-state index contributed by atoms with van der Waals surface area (Å²) in [5.41, 5.74) is 1.07. The lowest BCUT2D eigenvalue weighted by Gasteiger charge is -1.77. The molecule has 0 aliphatic heterocycles. The van der Waals surface area contributed by atoms with Crippen LogP contribution >= 0.6 is 0 Å². The molecule has 0 amide bonds. The molecule has 0 aromatic rings. The first-order valence-electron chi connectivity index (χ1n) is 2.63. The maximum Gasteiger partial charge on any atom is 0.310 e. The molecule has 8 heavy (non-hydrogen) atoms. The zero-order valence-electron chi connectivity index (χ0n) is 4.72. The minimum absolute atomic E-state index is 0.139. The van der Waals surface area contributed by atoms with E-state index in [1.807, 2.05) is 13.0 Å². The topological polar surface area (TPSA) is 37.3 Å². The Morgan fingerprint density at radius 1 is 2.00 bits per heavy atom. The Hall–Kier alpha value is -0.790. The fourth-order valence-electron chi connectivity index (χ4n) is 0.742. The molecule has 1 fully saturated rings. The van der Waals surface area contributed by atoms with Crippen LogP contribution < -0.4 is 0 Å². The molecule has 44 valence electrons. The number of carboxylic acid groups (broad SMARTS) is 1. The van der Waals surface area contributed by atoms with Crippen LogP contribution in [0.5, 0.6) is 0 Å². The summed E-state index contributed by atoms with van der Waals surface area (Å²) in [6, 6.07) is 0. The first-order chi connectivity index (χ1) is 3.75. The lowest BCUT2D eigenvalue weighted by molar-refractivity contribution is -0.138. The number of carboxylic acids is 1. The van der Waals surface area contributed by atoms with Crippen molar-refractivity contribution in [2.75, 3.05) is 0 Å². The number of hydrogen-bond donors (Lipinski definition) is 1. The largest absolute Gasteiger partial charge is 0.481 e. The molecule has 1 unspecified atom stereocenters. The van der Waals surface area contributed by atoms with Gasteiger partial charge in [0, 0.05) is 0 Å². The number of rotatable bonds is 1. The highest BCUT2D eigenvalue weighted by Gasteiger charge is 2.35. The standard InChI is InChI=1S/C6H8O2/c1-2-4-3-5(4)6(7)8/h2,5H,3H2,1H3,(H,7,8)/b4-2+. The maximum absolute atomic E-state index is 10.1. The minimum atomic E-state index is -0.682. The van der Waals surface area contributed by atoms with Gasteiger partial charge in [0.15, 0.2) is 0 Å². The molecule has 0 spiro atoms. The third-order valence-corrected chi connectivity index (χ3v) is 1.40. The van der Waals surface area contributed by atoms with Gasteiger partial charge in [0.25, 0.3) is 0 Å². The molecule has 1 rings (SSSR count). The van der Waals surface area contributed by atoms with Crippen molar-refractivity contribution in [1.82, 2.24) is 0 Å². The van der Waals surface area contributed by atoms with Gasteiger partial charge in [-0.3, -0.25) is 4.79 Å². The zero-order valence-corrected chi connectivity index (χ0v) is 4.72. The van der Waals surface area contributed by atoms with Crippen molar-refractivity contribution in [3.8, 4) is 0 Å². The van der Waals surface area contributed by atoms with Crippen molar-refractivity contribution < 1.29 is 9.90 Å². The Kier molecular flexibility index (Phi) is 1.08. The van der Waals surface area contributed by atoms with E-state index in [2.05, 4.69) is 0 Å². The fourth-order valence-corrected chi connectivity index (χ4v) is 0.742. The Labute approximate surface area is 47.8 Å². The number of allylic oxidation sites excluding steroid dienone is 1. The van der Waals surface area contributed by atoms with Gasteiger partial charge in [0.05, 0.1) is 5.92 Å². The Bertz CT molecular complexity index is 147. The molecule has 1 aliphatic rings. The summed E-state index contributed by atoms with van der Waals surface area (Å²) in [6.45, 7) is 1.87. The molecule has 1 saturated carbocycles. The van der Waals surface area contributed by atoms with Crippen LogP contribution in [-0.2, 0) is 4.79 Å². The highest BCUT2D eigenvalue weighted by molar-refractivity contribution is 5.78. The van der Waals surface area contributed by atoms with Crippen LogP contribution in [0.1, 0.15) is 13.3 Å². The molecule has 1 aliphatic carbocycles. The van der Waals surface area contributed by atoms with Gasteiger partial charge < -0.3 is 5.11 Å². The first-order valence-corrected chi connectivity index (χ1v) is 2.63. The van der Waals surface area contributed by atoms with Crippen LogP contribution in [0.3, 0.4) is 0 Å². The zero-order chi connectivity index (χ0) is 6.15. The van der Waals surface area contributed by atoms with Gasteiger partial charge in [-0.1, -0.05) is 11.6 Å². The summed E-state index contributed by atoms with van der Waals surface area (Å²) in [7, 11) is 0. The quantitative estimate of drug-likeness (QED) is 0.514. The highest BCUT2D eigenvalue weighted by Crippen LogP contribution is 2.37. The van der Waals surface area contributed by atoms with Crippen LogP contribution in [-0.4, -0.2) is 11.1 Å². The second-order valence-corrected chi connectivity index (χ2v) is 1.96. The Morgan fingerprint density at radius 2 is 2.62 bits per heavy atom. The van der Waals surface area contributed by atoms with E-state index in [9.17, 15) is 4.79 Å². The third kappa shape index (κ3) is 0.735. The monoisotopic (exact) mass is 112 g/mol. The number of carbonyl (C=O) groups is 1. The fraction of sp³-hybridized carbons (Fsp3) is 0.500. The van der Waals surface area contributed by atoms with E-state index in [0.717, 1.165) is 12.0 Å². The van der Waals surface area contributed by atoms with Crippen LogP contribution in [0.4, 0.5) is 0 Å². The van der Waals surface area contributed by atoms with E-state index >= 15 is 0 Å². The van der Waals surface area contributed by atoms with Gasteiger partial charge in [0.2, 0.25) is 0 Å². The van der Waals surface area contributed by atoms with Gasteiger partial charge in [-0.05, 0) is 13.3 Å². The Morgan fingerprint density at radius 3 is 2.75 bits per heavy atom. The van der Waals surface area contributed by atoms with Crippen LogP contribution in [0.15, 0.2) is 11.6 Å². The van der Waals surface area contributed by atoms with Crippen LogP contribution in [0.25, 0.3) is 0 Å². The molecule has 0 aromatic heterocycles. The normalized spacial score (nSPS) is 30.6. The number of hydrogen-bond acceptors (Lipinski definition) is 1. The molecule has 1 N–H and O–H groups in total. The van der Waals surface area contributed by atoms with Crippen LogP contribution in [0, 0.1) is 5.92 Å². The third-order valence-electron chi connectivity index (χ3n) is 1.40.